The Kier molecular flexibility index (Phi) is 3.75. The van der Waals surface area contributed by atoms with E-state index in [2.05, 4.69) is 96.4 Å². The second-order valence-corrected chi connectivity index (χ2v) is 6.79. The van der Waals surface area contributed by atoms with E-state index in [0.29, 0.717) is 0 Å². The van der Waals surface area contributed by atoms with Gasteiger partial charge < -0.3 is 4.57 Å². The minimum Gasteiger partial charge on any atom is -0.341 e. The van der Waals surface area contributed by atoms with Crippen LogP contribution in [0.15, 0.2) is 89.9 Å². The number of aliphatic imine (C=N–C) groups is 1. The number of nitrogens with zero attached hydrogens (tertiary/aromatic N) is 2. The molecule has 0 radical (unpaired) electrons. The van der Waals surface area contributed by atoms with Crippen LogP contribution in [-0.4, -0.2) is 10.8 Å². The molecule has 2 heteroatoms. The quantitative estimate of drug-likeness (QED) is 0.322. The topological polar surface area (TPSA) is 17.3 Å². The molecule has 5 rings (SSSR count). The zero-order valence-electron chi connectivity index (χ0n) is 15.3. The predicted octanol–water partition coefficient (Wildman–Crippen LogP) is 6.72. The molecule has 0 unspecified atom stereocenters. The normalized spacial score (nSPS) is 11.9. The van der Waals surface area contributed by atoms with Crippen molar-refractivity contribution in [3.63, 3.8) is 0 Å². The maximum Gasteiger partial charge on any atom is 0.0708 e. The number of benzene rings is 4. The summed E-state index contributed by atoms with van der Waals surface area (Å²) in [5.41, 5.74) is 4.69. The average Bonchev–Trinajstić information content (AvgIpc) is 3.05. The van der Waals surface area contributed by atoms with Gasteiger partial charge in [0.05, 0.1) is 5.69 Å². The van der Waals surface area contributed by atoms with E-state index in [1.54, 1.807) is 0 Å². The van der Waals surface area contributed by atoms with Crippen LogP contribution in [-0.2, 0) is 6.54 Å². The van der Waals surface area contributed by atoms with Gasteiger partial charge in [-0.15, -0.1) is 0 Å². The van der Waals surface area contributed by atoms with E-state index in [-0.39, 0.29) is 0 Å². The van der Waals surface area contributed by atoms with Crippen LogP contribution in [0.2, 0.25) is 0 Å². The molecule has 0 amide bonds. The minimum absolute atomic E-state index is 0.966. The molecule has 0 aliphatic rings. The fraction of sp³-hybridized carbons (Fsp3) is 0.0800. The number of hydrogen-bond donors (Lipinski definition) is 0. The van der Waals surface area contributed by atoms with Crippen molar-refractivity contribution in [2.45, 2.75) is 13.5 Å². The lowest BCUT2D eigenvalue weighted by atomic mass is 10.1. The van der Waals surface area contributed by atoms with Crippen molar-refractivity contribution in [3.8, 4) is 0 Å². The first-order chi connectivity index (χ1) is 13.3. The predicted molar refractivity (Wildman–Crippen MR) is 116 cm³/mol. The lowest BCUT2D eigenvalue weighted by Gasteiger charge is -2.03. The van der Waals surface area contributed by atoms with E-state index in [1.165, 1.54) is 32.6 Å². The second kappa shape index (κ2) is 6.40. The number of aromatic nitrogens is 1. The van der Waals surface area contributed by atoms with Gasteiger partial charge in [0.25, 0.3) is 0 Å². The summed E-state index contributed by atoms with van der Waals surface area (Å²) in [5.74, 6) is 0. The molecular formula is C25H20N2. The third kappa shape index (κ3) is 2.61. The second-order valence-electron chi connectivity index (χ2n) is 6.79. The summed E-state index contributed by atoms with van der Waals surface area (Å²) in [5, 5.41) is 4.98. The SMILES string of the molecule is CCn1c2ccccc2c2cc(C=Nc3cccc4ccccc34)ccc21. The Bertz CT molecular complexity index is 1300. The van der Waals surface area contributed by atoms with Crippen LogP contribution in [0.1, 0.15) is 12.5 Å². The van der Waals surface area contributed by atoms with Crippen molar-refractivity contribution in [1.29, 1.82) is 0 Å². The fourth-order valence-electron chi connectivity index (χ4n) is 3.96. The standard InChI is InChI=1S/C25H20N2/c1-2-27-24-13-6-5-11-21(24)22-16-18(14-15-25(22)27)17-26-23-12-7-9-19-8-3-4-10-20(19)23/h3-17H,2H2,1H3. The highest BCUT2D eigenvalue weighted by atomic mass is 15.0. The van der Waals surface area contributed by atoms with Gasteiger partial charge in [0.2, 0.25) is 0 Å². The van der Waals surface area contributed by atoms with Gasteiger partial charge in [-0.25, -0.2) is 0 Å². The van der Waals surface area contributed by atoms with Crippen molar-refractivity contribution >= 4 is 44.5 Å². The summed E-state index contributed by atoms with van der Waals surface area (Å²) >= 11 is 0. The Morgan fingerprint density at radius 2 is 1.48 bits per heavy atom. The molecule has 1 heterocycles. The molecule has 0 N–H and O–H groups in total. The maximum atomic E-state index is 4.79. The minimum atomic E-state index is 0.966. The summed E-state index contributed by atoms with van der Waals surface area (Å²) < 4.78 is 2.37. The lowest BCUT2D eigenvalue weighted by Crippen LogP contribution is -1.92. The van der Waals surface area contributed by atoms with Gasteiger partial charge in [-0.3, -0.25) is 4.99 Å². The molecular weight excluding hydrogens is 328 g/mol. The van der Waals surface area contributed by atoms with Crippen molar-refractivity contribution in [1.82, 2.24) is 4.57 Å². The zero-order valence-corrected chi connectivity index (χ0v) is 15.3. The van der Waals surface area contributed by atoms with Crippen LogP contribution in [0.5, 0.6) is 0 Å². The molecule has 0 aliphatic carbocycles. The van der Waals surface area contributed by atoms with Crippen molar-refractivity contribution < 1.29 is 0 Å². The van der Waals surface area contributed by atoms with Crippen molar-refractivity contribution in [2.75, 3.05) is 0 Å². The van der Waals surface area contributed by atoms with Gasteiger partial charge in [0, 0.05) is 40.0 Å². The molecule has 4 aromatic carbocycles. The molecule has 0 spiro atoms. The Labute approximate surface area is 158 Å². The molecule has 2 nitrogen and oxygen atoms in total. The molecule has 27 heavy (non-hydrogen) atoms. The molecule has 5 aromatic rings. The molecule has 0 saturated heterocycles. The highest BCUT2D eigenvalue weighted by Gasteiger charge is 2.09. The third-order valence-corrected chi connectivity index (χ3v) is 5.23. The molecule has 130 valence electrons. The Morgan fingerprint density at radius 3 is 2.37 bits per heavy atom. The van der Waals surface area contributed by atoms with Crippen LogP contribution >= 0.6 is 0 Å². The summed E-state index contributed by atoms with van der Waals surface area (Å²) in [6, 6.07) is 29.9. The van der Waals surface area contributed by atoms with Crippen LogP contribution in [0.4, 0.5) is 5.69 Å². The smallest absolute Gasteiger partial charge is 0.0708 e. The average molecular weight is 348 g/mol. The number of hydrogen-bond acceptors (Lipinski definition) is 1. The van der Waals surface area contributed by atoms with Crippen molar-refractivity contribution in [3.05, 3.63) is 90.5 Å². The van der Waals surface area contributed by atoms with E-state index in [9.17, 15) is 0 Å². The van der Waals surface area contributed by atoms with Gasteiger partial charge in [-0.05, 0) is 42.1 Å². The van der Waals surface area contributed by atoms with Gasteiger partial charge in [0.1, 0.15) is 0 Å². The lowest BCUT2D eigenvalue weighted by molar-refractivity contribution is 0.827. The van der Waals surface area contributed by atoms with E-state index < -0.39 is 0 Å². The van der Waals surface area contributed by atoms with Crippen molar-refractivity contribution in [2.24, 2.45) is 4.99 Å². The van der Waals surface area contributed by atoms with Crippen LogP contribution in [0.3, 0.4) is 0 Å². The Hall–Kier alpha value is -3.39. The van der Waals surface area contributed by atoms with E-state index in [4.69, 9.17) is 4.99 Å². The number of para-hydroxylation sites is 1. The van der Waals surface area contributed by atoms with E-state index >= 15 is 0 Å². The number of rotatable bonds is 3. The van der Waals surface area contributed by atoms with Gasteiger partial charge in [0.15, 0.2) is 0 Å². The third-order valence-electron chi connectivity index (χ3n) is 5.23. The largest absolute Gasteiger partial charge is 0.341 e. The monoisotopic (exact) mass is 348 g/mol. The van der Waals surface area contributed by atoms with E-state index in [0.717, 1.165) is 17.8 Å². The highest BCUT2D eigenvalue weighted by molar-refractivity contribution is 6.09. The zero-order chi connectivity index (χ0) is 18.2. The summed E-state index contributed by atoms with van der Waals surface area (Å²) in [7, 11) is 0. The van der Waals surface area contributed by atoms with E-state index in [1.807, 2.05) is 6.21 Å². The van der Waals surface area contributed by atoms with Gasteiger partial charge >= 0.3 is 0 Å². The molecule has 0 aliphatic heterocycles. The van der Waals surface area contributed by atoms with Crippen LogP contribution < -0.4 is 0 Å². The first-order valence-electron chi connectivity index (χ1n) is 9.38. The van der Waals surface area contributed by atoms with Gasteiger partial charge in [-0.2, -0.15) is 0 Å². The maximum absolute atomic E-state index is 4.79. The van der Waals surface area contributed by atoms with Gasteiger partial charge in [-0.1, -0.05) is 60.7 Å². The number of fused-ring (bicyclic) bond motifs is 4. The molecule has 0 atom stereocenters. The van der Waals surface area contributed by atoms with Crippen LogP contribution in [0, 0.1) is 0 Å². The first kappa shape index (κ1) is 15.8. The molecule has 0 fully saturated rings. The fourth-order valence-corrected chi connectivity index (χ4v) is 3.96. The molecule has 1 aromatic heterocycles. The summed E-state index contributed by atoms with van der Waals surface area (Å²) in [4.78, 5) is 4.79. The summed E-state index contributed by atoms with van der Waals surface area (Å²) in [6.07, 6.45) is 1.97. The highest BCUT2D eigenvalue weighted by Crippen LogP contribution is 2.30. The van der Waals surface area contributed by atoms with Crippen LogP contribution in [0.25, 0.3) is 32.6 Å². The first-order valence-corrected chi connectivity index (χ1v) is 9.38. The Morgan fingerprint density at radius 1 is 0.741 bits per heavy atom. The Balaban J connectivity index is 1.63. The molecule has 0 saturated carbocycles. The number of aryl methyl sites for hydroxylation is 1. The molecule has 0 bridgehead atoms. The summed E-state index contributed by atoms with van der Waals surface area (Å²) in [6.45, 7) is 3.16.